The number of rotatable bonds is 2. The molecule has 2 aliphatic rings. The normalized spacial score (nSPS) is 18.8. The van der Waals surface area contributed by atoms with E-state index in [9.17, 15) is 19.3 Å². The third kappa shape index (κ3) is 2.13. The second-order valence-corrected chi connectivity index (χ2v) is 4.39. The summed E-state index contributed by atoms with van der Waals surface area (Å²) in [5.74, 6) is -1.26. The molecule has 2 aliphatic heterocycles. The number of carbonyl (C=O) groups is 1. The largest absolute Gasteiger partial charge is 0.422 e. The molecule has 0 aromatic heterocycles. The summed E-state index contributed by atoms with van der Waals surface area (Å²) in [7, 11) is 1.69. The number of nitro benzene ring substituents is 1. The lowest BCUT2D eigenvalue weighted by atomic mass is 10.1. The first-order chi connectivity index (χ1) is 9.97. The van der Waals surface area contributed by atoms with Crippen LogP contribution in [0.25, 0.3) is 5.76 Å². The standard InChI is InChI=1S/C12H9FN4O4/c1-16-10(14-5-15-16)4-9-11-7(12(18)21-9)2-6(13)3-8(11)17(19)20/h2-4,15H,5H2,1H3/b9-4-. The number of hydrazine groups is 1. The maximum atomic E-state index is 13.4. The maximum Gasteiger partial charge on any atom is 0.344 e. The number of halogens is 1. The van der Waals surface area contributed by atoms with Crippen molar-refractivity contribution in [2.75, 3.05) is 13.7 Å². The quantitative estimate of drug-likeness (QED) is 0.497. The summed E-state index contributed by atoms with van der Waals surface area (Å²) < 4.78 is 18.4. The van der Waals surface area contributed by atoms with Crippen molar-refractivity contribution in [2.24, 2.45) is 4.99 Å². The Morgan fingerprint density at radius 3 is 2.95 bits per heavy atom. The van der Waals surface area contributed by atoms with E-state index in [1.165, 1.54) is 6.08 Å². The number of benzene rings is 1. The number of likely N-dealkylation sites (N-methyl/N-ethyl adjacent to an activating group) is 1. The van der Waals surface area contributed by atoms with Crippen LogP contribution in [0, 0.1) is 15.9 Å². The summed E-state index contributed by atoms with van der Waals surface area (Å²) in [4.78, 5) is 26.1. The molecule has 8 nitrogen and oxygen atoms in total. The van der Waals surface area contributed by atoms with Crippen LogP contribution in [0.5, 0.6) is 0 Å². The van der Waals surface area contributed by atoms with Crippen LogP contribution in [0.2, 0.25) is 0 Å². The van der Waals surface area contributed by atoms with Crippen molar-refractivity contribution >= 4 is 23.3 Å². The lowest BCUT2D eigenvalue weighted by Gasteiger charge is -2.10. The maximum absolute atomic E-state index is 13.4. The fourth-order valence-corrected chi connectivity index (χ4v) is 2.13. The predicted octanol–water partition coefficient (Wildman–Crippen LogP) is 1.05. The first-order valence-electron chi connectivity index (χ1n) is 5.91. The van der Waals surface area contributed by atoms with E-state index in [1.54, 1.807) is 12.1 Å². The Morgan fingerprint density at radius 2 is 2.33 bits per heavy atom. The van der Waals surface area contributed by atoms with E-state index in [-0.39, 0.29) is 16.9 Å². The van der Waals surface area contributed by atoms with E-state index in [0.717, 1.165) is 12.1 Å². The lowest BCUT2D eigenvalue weighted by Crippen LogP contribution is -2.31. The van der Waals surface area contributed by atoms with Gasteiger partial charge in [-0.1, -0.05) is 0 Å². The summed E-state index contributed by atoms with van der Waals surface area (Å²) in [6, 6.07) is 1.68. The van der Waals surface area contributed by atoms with Crippen LogP contribution < -0.4 is 5.43 Å². The van der Waals surface area contributed by atoms with Gasteiger partial charge in [-0.05, 0) is 6.07 Å². The van der Waals surface area contributed by atoms with Gasteiger partial charge in [0.15, 0.2) is 0 Å². The minimum absolute atomic E-state index is 0.0176. The molecule has 0 atom stereocenters. The Morgan fingerprint density at radius 1 is 1.57 bits per heavy atom. The third-order valence-corrected chi connectivity index (χ3v) is 3.10. The van der Waals surface area contributed by atoms with Crippen molar-refractivity contribution in [1.29, 1.82) is 0 Å². The molecule has 9 heteroatoms. The van der Waals surface area contributed by atoms with Crippen LogP contribution in [0.1, 0.15) is 15.9 Å². The molecule has 0 radical (unpaired) electrons. The van der Waals surface area contributed by atoms with Gasteiger partial charge in [0.05, 0.1) is 16.6 Å². The molecule has 0 bridgehead atoms. The zero-order valence-corrected chi connectivity index (χ0v) is 10.8. The zero-order chi connectivity index (χ0) is 15.1. The third-order valence-electron chi connectivity index (χ3n) is 3.10. The van der Waals surface area contributed by atoms with Crippen LogP contribution in [-0.4, -0.2) is 35.5 Å². The Kier molecular flexibility index (Phi) is 2.91. The molecule has 1 aromatic carbocycles. The molecule has 0 fully saturated rings. The fourth-order valence-electron chi connectivity index (χ4n) is 2.13. The van der Waals surface area contributed by atoms with Gasteiger partial charge in [0.1, 0.15) is 29.6 Å². The Balaban J connectivity index is 2.17. The van der Waals surface area contributed by atoms with Gasteiger partial charge in [-0.25, -0.2) is 19.6 Å². The number of amidine groups is 1. The first-order valence-corrected chi connectivity index (χ1v) is 5.91. The summed E-state index contributed by atoms with van der Waals surface area (Å²) in [5, 5.41) is 12.6. The average Bonchev–Trinajstić information content (AvgIpc) is 2.95. The van der Waals surface area contributed by atoms with Gasteiger partial charge in [0.2, 0.25) is 0 Å². The van der Waals surface area contributed by atoms with Crippen LogP contribution in [0.3, 0.4) is 0 Å². The number of nitrogens with one attached hydrogen (secondary N) is 1. The van der Waals surface area contributed by atoms with Gasteiger partial charge in [-0.15, -0.1) is 0 Å². The molecule has 21 heavy (non-hydrogen) atoms. The minimum atomic E-state index is -0.865. The van der Waals surface area contributed by atoms with Crippen molar-refractivity contribution in [1.82, 2.24) is 10.4 Å². The summed E-state index contributed by atoms with van der Waals surface area (Å²) in [6.07, 6.45) is 1.40. The fraction of sp³-hybridized carbons (Fsp3) is 0.167. The number of aliphatic imine (C=N–C) groups is 1. The lowest BCUT2D eigenvalue weighted by molar-refractivity contribution is -0.385. The highest BCUT2D eigenvalue weighted by Crippen LogP contribution is 2.37. The van der Waals surface area contributed by atoms with Gasteiger partial charge in [0, 0.05) is 13.1 Å². The molecule has 0 saturated carbocycles. The molecular weight excluding hydrogens is 283 g/mol. The molecular formula is C12H9FN4O4. The summed E-state index contributed by atoms with van der Waals surface area (Å²) >= 11 is 0. The zero-order valence-electron chi connectivity index (χ0n) is 10.8. The Hall–Kier alpha value is -2.81. The Labute approximate surface area is 117 Å². The molecule has 0 aliphatic carbocycles. The molecule has 0 amide bonds. The van der Waals surface area contributed by atoms with E-state index < -0.39 is 22.4 Å². The number of nitrogens with zero attached hydrogens (tertiary/aromatic N) is 3. The second-order valence-electron chi connectivity index (χ2n) is 4.39. The van der Waals surface area contributed by atoms with E-state index in [2.05, 4.69) is 10.4 Å². The average molecular weight is 292 g/mol. The van der Waals surface area contributed by atoms with Crippen molar-refractivity contribution in [3.63, 3.8) is 0 Å². The highest BCUT2D eigenvalue weighted by atomic mass is 19.1. The van der Waals surface area contributed by atoms with Gasteiger partial charge in [-0.3, -0.25) is 15.1 Å². The summed E-state index contributed by atoms with van der Waals surface area (Å²) in [6.45, 7) is 0.349. The van der Waals surface area contributed by atoms with Crippen molar-refractivity contribution in [3.05, 3.63) is 45.3 Å². The van der Waals surface area contributed by atoms with Gasteiger partial charge in [0.25, 0.3) is 5.69 Å². The molecule has 2 heterocycles. The first kappa shape index (κ1) is 13.2. The Bertz CT molecular complexity index is 728. The van der Waals surface area contributed by atoms with Crippen molar-refractivity contribution in [3.8, 4) is 0 Å². The van der Waals surface area contributed by atoms with Crippen LogP contribution in [-0.2, 0) is 4.74 Å². The number of ether oxygens (including phenoxy) is 1. The van der Waals surface area contributed by atoms with Crippen molar-refractivity contribution < 1.29 is 18.8 Å². The van der Waals surface area contributed by atoms with E-state index >= 15 is 0 Å². The van der Waals surface area contributed by atoms with Crippen LogP contribution in [0.15, 0.2) is 23.2 Å². The van der Waals surface area contributed by atoms with E-state index in [1.807, 2.05) is 0 Å². The number of cyclic esters (lactones) is 1. The molecule has 108 valence electrons. The van der Waals surface area contributed by atoms with Crippen molar-refractivity contribution in [2.45, 2.75) is 0 Å². The van der Waals surface area contributed by atoms with E-state index in [4.69, 9.17) is 4.74 Å². The number of nitro groups is 1. The van der Waals surface area contributed by atoms with Gasteiger partial charge in [-0.2, -0.15) is 0 Å². The minimum Gasteiger partial charge on any atom is -0.422 e. The number of hydrogen-bond donors (Lipinski definition) is 1. The number of carbonyl (C=O) groups excluding carboxylic acids is 1. The predicted molar refractivity (Wildman–Crippen MR) is 69.6 cm³/mol. The molecule has 3 rings (SSSR count). The monoisotopic (exact) mass is 292 g/mol. The molecule has 1 aromatic rings. The number of fused-ring (bicyclic) bond motifs is 1. The highest BCUT2D eigenvalue weighted by molar-refractivity contribution is 6.09. The highest BCUT2D eigenvalue weighted by Gasteiger charge is 2.35. The molecule has 0 spiro atoms. The summed E-state index contributed by atoms with van der Waals surface area (Å²) in [5.41, 5.74) is 2.16. The van der Waals surface area contributed by atoms with Gasteiger partial charge < -0.3 is 4.74 Å². The van der Waals surface area contributed by atoms with Crippen LogP contribution >= 0.6 is 0 Å². The number of hydrogen-bond acceptors (Lipinski definition) is 7. The molecule has 0 unspecified atom stereocenters. The SMILES string of the molecule is CN1NCN=C1/C=C1\OC(=O)c2cc(F)cc([N+](=O)[O-])c21. The van der Waals surface area contributed by atoms with E-state index in [0.29, 0.717) is 12.5 Å². The second kappa shape index (κ2) is 4.63. The molecule has 0 saturated heterocycles. The van der Waals surface area contributed by atoms with Crippen LogP contribution in [0.4, 0.5) is 10.1 Å². The smallest absolute Gasteiger partial charge is 0.344 e. The topological polar surface area (TPSA) is 97.1 Å². The molecule has 1 N–H and O–H groups in total. The number of esters is 1. The van der Waals surface area contributed by atoms with Gasteiger partial charge >= 0.3 is 5.97 Å².